The van der Waals surface area contributed by atoms with E-state index in [2.05, 4.69) is 38.0 Å². The lowest BCUT2D eigenvalue weighted by atomic mass is 10.0. The van der Waals surface area contributed by atoms with Crippen LogP contribution in [0, 0.1) is 5.82 Å². The van der Waals surface area contributed by atoms with Crippen LogP contribution in [0.25, 0.3) is 0 Å². The zero-order valence-corrected chi connectivity index (χ0v) is 20.2. The average molecular weight is 546 g/mol. The van der Waals surface area contributed by atoms with E-state index in [1.54, 1.807) is 24.5 Å². The van der Waals surface area contributed by atoms with Gasteiger partial charge in [-0.2, -0.15) is 0 Å². The molecule has 0 amide bonds. The standard InChI is InChI=1S/C21H27FN4O2S.HI/c1-23-21(25-18-5-8-26(9-6-18)19-3-2-10-29-19)24-7-4-15-11-17(22)12-16-13-27-14-28-20(15)16;/h2-3,10-12,18H,4-9,13-14H2,1H3,(H2,23,24,25);1H. The highest BCUT2D eigenvalue weighted by atomic mass is 127. The number of nitrogens with one attached hydrogen (secondary N) is 2. The number of fused-ring (bicyclic) bond motifs is 1. The predicted octanol–water partition coefficient (Wildman–Crippen LogP) is 3.75. The molecule has 0 atom stereocenters. The molecule has 164 valence electrons. The topological polar surface area (TPSA) is 58.1 Å². The van der Waals surface area contributed by atoms with Crippen molar-refractivity contribution >= 4 is 46.3 Å². The van der Waals surface area contributed by atoms with E-state index in [0.29, 0.717) is 25.6 Å². The van der Waals surface area contributed by atoms with Gasteiger partial charge in [0.15, 0.2) is 12.8 Å². The first-order chi connectivity index (χ1) is 14.2. The van der Waals surface area contributed by atoms with Crippen LogP contribution < -0.4 is 20.3 Å². The Labute approximate surface area is 197 Å². The van der Waals surface area contributed by atoms with Crippen LogP contribution in [0.2, 0.25) is 0 Å². The zero-order valence-electron chi connectivity index (χ0n) is 17.0. The van der Waals surface area contributed by atoms with Gasteiger partial charge in [-0.15, -0.1) is 35.3 Å². The Kier molecular flexibility index (Phi) is 8.58. The van der Waals surface area contributed by atoms with Crippen LogP contribution in [0.1, 0.15) is 24.0 Å². The molecule has 0 bridgehead atoms. The van der Waals surface area contributed by atoms with Crippen molar-refractivity contribution in [3.63, 3.8) is 0 Å². The van der Waals surface area contributed by atoms with Gasteiger partial charge in [0.25, 0.3) is 0 Å². The van der Waals surface area contributed by atoms with E-state index in [9.17, 15) is 4.39 Å². The summed E-state index contributed by atoms with van der Waals surface area (Å²) in [4.78, 5) is 6.79. The third kappa shape index (κ3) is 5.76. The number of hydrogen-bond donors (Lipinski definition) is 2. The number of nitrogens with zero attached hydrogens (tertiary/aromatic N) is 2. The molecule has 0 unspecified atom stereocenters. The number of benzene rings is 1. The van der Waals surface area contributed by atoms with Crippen LogP contribution in [-0.4, -0.2) is 45.5 Å². The van der Waals surface area contributed by atoms with Crippen molar-refractivity contribution in [2.24, 2.45) is 4.99 Å². The van der Waals surface area contributed by atoms with Crippen LogP contribution in [0.15, 0.2) is 34.6 Å². The second-order valence-corrected chi connectivity index (χ2v) is 8.20. The fourth-order valence-electron chi connectivity index (χ4n) is 3.84. The van der Waals surface area contributed by atoms with Gasteiger partial charge in [0, 0.05) is 38.3 Å². The summed E-state index contributed by atoms with van der Waals surface area (Å²) in [7, 11) is 1.78. The molecule has 0 saturated carbocycles. The molecule has 2 aromatic rings. The summed E-state index contributed by atoms with van der Waals surface area (Å²) in [5, 5.41) is 10.3. The highest BCUT2D eigenvalue weighted by Gasteiger charge is 2.21. The van der Waals surface area contributed by atoms with Crippen LogP contribution in [0.4, 0.5) is 9.39 Å². The molecule has 0 aliphatic carbocycles. The highest BCUT2D eigenvalue weighted by Crippen LogP contribution is 2.29. The van der Waals surface area contributed by atoms with E-state index < -0.39 is 0 Å². The van der Waals surface area contributed by atoms with Crippen LogP contribution >= 0.6 is 35.3 Å². The average Bonchev–Trinajstić information content (AvgIpc) is 3.28. The van der Waals surface area contributed by atoms with Crippen LogP contribution in [0.3, 0.4) is 0 Å². The van der Waals surface area contributed by atoms with Crippen LogP contribution in [0.5, 0.6) is 5.75 Å². The van der Waals surface area contributed by atoms with Gasteiger partial charge in [-0.3, -0.25) is 4.99 Å². The summed E-state index contributed by atoms with van der Waals surface area (Å²) in [5.74, 6) is 1.28. The van der Waals surface area contributed by atoms with Crippen molar-refractivity contribution in [3.8, 4) is 5.75 Å². The van der Waals surface area contributed by atoms with E-state index in [1.807, 2.05) is 0 Å². The fourth-order valence-corrected chi connectivity index (χ4v) is 4.63. The van der Waals surface area contributed by atoms with Crippen molar-refractivity contribution in [2.45, 2.75) is 31.9 Å². The van der Waals surface area contributed by atoms with Crippen molar-refractivity contribution in [2.75, 3.05) is 38.4 Å². The molecule has 1 aromatic heterocycles. The van der Waals surface area contributed by atoms with E-state index in [0.717, 1.165) is 48.8 Å². The number of halogens is 2. The summed E-state index contributed by atoms with van der Waals surface area (Å²) in [5.41, 5.74) is 1.63. The molecule has 6 nitrogen and oxygen atoms in total. The maximum Gasteiger partial charge on any atom is 0.191 e. The SMILES string of the molecule is CN=C(NCCc1cc(F)cc2c1OCOC2)NC1CCN(c2cccs2)CC1.I. The number of aliphatic imine (C=N–C) groups is 1. The fraction of sp³-hybridized carbons (Fsp3) is 0.476. The number of guanidine groups is 1. The minimum atomic E-state index is -0.257. The third-order valence-corrected chi connectivity index (χ3v) is 6.24. The first kappa shape index (κ1) is 23.1. The summed E-state index contributed by atoms with van der Waals surface area (Å²) >= 11 is 1.79. The van der Waals surface area contributed by atoms with Gasteiger partial charge in [0.2, 0.25) is 0 Å². The molecule has 2 aliphatic rings. The minimum absolute atomic E-state index is 0. The molecule has 30 heavy (non-hydrogen) atoms. The molecular weight excluding hydrogens is 518 g/mol. The lowest BCUT2D eigenvalue weighted by molar-refractivity contribution is -0.0172. The van der Waals surface area contributed by atoms with Gasteiger partial charge in [-0.05, 0) is 54.5 Å². The van der Waals surface area contributed by atoms with Gasteiger partial charge in [-0.25, -0.2) is 4.39 Å². The predicted molar refractivity (Wildman–Crippen MR) is 130 cm³/mol. The van der Waals surface area contributed by atoms with E-state index in [1.165, 1.54) is 11.1 Å². The molecular formula is C21H28FIN4O2S. The number of anilines is 1. The lowest BCUT2D eigenvalue weighted by Gasteiger charge is -2.33. The van der Waals surface area contributed by atoms with E-state index in [4.69, 9.17) is 9.47 Å². The highest BCUT2D eigenvalue weighted by molar-refractivity contribution is 14.0. The summed E-state index contributed by atoms with van der Waals surface area (Å²) in [6, 6.07) is 7.71. The smallest absolute Gasteiger partial charge is 0.191 e. The number of ether oxygens (including phenoxy) is 2. The zero-order chi connectivity index (χ0) is 20.1. The molecule has 2 aliphatic heterocycles. The van der Waals surface area contributed by atoms with Crippen molar-refractivity contribution < 1.29 is 13.9 Å². The quantitative estimate of drug-likeness (QED) is 0.340. The lowest BCUT2D eigenvalue weighted by Crippen LogP contribution is -2.49. The monoisotopic (exact) mass is 546 g/mol. The normalized spacial score (nSPS) is 17.0. The molecule has 2 N–H and O–H groups in total. The van der Waals surface area contributed by atoms with Crippen molar-refractivity contribution in [1.29, 1.82) is 0 Å². The molecule has 1 saturated heterocycles. The van der Waals surface area contributed by atoms with E-state index >= 15 is 0 Å². The minimum Gasteiger partial charge on any atom is -0.467 e. The molecule has 1 aromatic carbocycles. The summed E-state index contributed by atoms with van der Waals surface area (Å²) in [6.07, 6.45) is 2.80. The Morgan fingerprint density at radius 3 is 2.90 bits per heavy atom. The number of piperidine rings is 1. The third-order valence-electron chi connectivity index (χ3n) is 5.32. The van der Waals surface area contributed by atoms with Gasteiger partial charge in [0.1, 0.15) is 11.6 Å². The largest absolute Gasteiger partial charge is 0.467 e. The molecule has 9 heteroatoms. The van der Waals surface area contributed by atoms with Gasteiger partial charge >= 0.3 is 0 Å². The molecule has 0 spiro atoms. The maximum atomic E-state index is 13.9. The Bertz CT molecular complexity index is 842. The van der Waals surface area contributed by atoms with Gasteiger partial charge in [-0.1, -0.05) is 0 Å². The van der Waals surface area contributed by atoms with Crippen molar-refractivity contribution in [1.82, 2.24) is 10.6 Å². The Hall–Kier alpha value is -1.59. The van der Waals surface area contributed by atoms with Crippen molar-refractivity contribution in [3.05, 3.63) is 46.6 Å². The molecule has 3 heterocycles. The second-order valence-electron chi connectivity index (χ2n) is 7.27. The molecule has 4 rings (SSSR count). The summed E-state index contributed by atoms with van der Waals surface area (Å²) < 4.78 is 24.7. The number of hydrogen-bond acceptors (Lipinski definition) is 5. The van der Waals surface area contributed by atoms with Crippen LogP contribution in [-0.2, 0) is 17.8 Å². The molecule has 0 radical (unpaired) electrons. The van der Waals surface area contributed by atoms with Gasteiger partial charge < -0.3 is 25.0 Å². The summed E-state index contributed by atoms with van der Waals surface area (Å²) in [6.45, 7) is 3.34. The first-order valence-electron chi connectivity index (χ1n) is 10.0. The Morgan fingerprint density at radius 1 is 1.33 bits per heavy atom. The molecule has 1 fully saturated rings. The Morgan fingerprint density at radius 2 is 2.17 bits per heavy atom. The first-order valence-corrected chi connectivity index (χ1v) is 10.9. The number of thiophene rings is 1. The van der Waals surface area contributed by atoms with Gasteiger partial charge in [0.05, 0.1) is 11.6 Å². The van der Waals surface area contributed by atoms with E-state index in [-0.39, 0.29) is 36.6 Å². The maximum absolute atomic E-state index is 13.9. The number of rotatable bonds is 5. The second kappa shape index (κ2) is 11.1. The Balaban J connectivity index is 0.00000256.